The molecule has 6 heteroatoms. The molecule has 5 nitrogen and oxygen atoms in total. The molecular formula is C19H22BrN3O2. The van der Waals surface area contributed by atoms with Crippen LogP contribution in [0.3, 0.4) is 0 Å². The smallest absolute Gasteiger partial charge is 0.258 e. The number of fused-ring (bicyclic) bond motifs is 2. The summed E-state index contributed by atoms with van der Waals surface area (Å²) in [4.78, 5) is 15.3. The summed E-state index contributed by atoms with van der Waals surface area (Å²) in [7, 11) is 0. The highest BCUT2D eigenvalue weighted by Crippen LogP contribution is 2.42. The molecule has 2 fully saturated rings. The number of ether oxygens (including phenoxy) is 1. The Morgan fingerprint density at radius 1 is 1.24 bits per heavy atom. The molecule has 2 bridgehead atoms. The van der Waals surface area contributed by atoms with E-state index in [0.717, 1.165) is 30.2 Å². The zero-order valence-electron chi connectivity index (χ0n) is 14.3. The van der Waals surface area contributed by atoms with E-state index in [1.54, 1.807) is 0 Å². The topological polar surface area (TPSA) is 47.4 Å². The van der Waals surface area contributed by atoms with E-state index in [4.69, 9.17) is 4.74 Å². The van der Waals surface area contributed by atoms with Crippen molar-refractivity contribution < 1.29 is 9.53 Å². The molecule has 2 unspecified atom stereocenters. The number of hydrogen-bond acceptors (Lipinski definition) is 3. The SMILES string of the molecule is CCOc1ccccc1C(=O)N1C2CCC1CC(n1cc(Br)cn1)C2. The third-order valence-electron chi connectivity index (χ3n) is 5.30. The van der Waals surface area contributed by atoms with E-state index >= 15 is 0 Å². The van der Waals surface area contributed by atoms with Crippen LogP contribution in [-0.4, -0.2) is 39.3 Å². The fraction of sp³-hybridized carbons (Fsp3) is 0.474. The molecule has 0 N–H and O–H groups in total. The molecule has 1 amide bonds. The van der Waals surface area contributed by atoms with Crippen LogP contribution in [0.25, 0.3) is 0 Å². The van der Waals surface area contributed by atoms with Gasteiger partial charge in [-0.1, -0.05) is 12.1 Å². The maximum atomic E-state index is 13.2. The summed E-state index contributed by atoms with van der Waals surface area (Å²) in [6.07, 6.45) is 7.95. The van der Waals surface area contributed by atoms with E-state index in [-0.39, 0.29) is 18.0 Å². The monoisotopic (exact) mass is 403 g/mol. The highest BCUT2D eigenvalue weighted by Gasteiger charge is 2.44. The van der Waals surface area contributed by atoms with Gasteiger partial charge in [0.2, 0.25) is 0 Å². The second-order valence-corrected chi connectivity index (χ2v) is 7.71. The van der Waals surface area contributed by atoms with Crippen molar-refractivity contribution in [2.75, 3.05) is 6.61 Å². The van der Waals surface area contributed by atoms with Crippen LogP contribution < -0.4 is 4.74 Å². The first kappa shape index (κ1) is 16.6. The molecule has 3 heterocycles. The van der Waals surface area contributed by atoms with Gasteiger partial charge < -0.3 is 9.64 Å². The molecule has 132 valence electrons. The standard InChI is InChI=1S/C19H22BrN3O2/c1-2-25-18-6-4-3-5-17(18)19(24)23-14-7-8-15(23)10-16(9-14)22-12-13(20)11-21-22/h3-6,11-12,14-16H,2,7-10H2,1H3. The van der Waals surface area contributed by atoms with E-state index in [1.165, 1.54) is 0 Å². The lowest BCUT2D eigenvalue weighted by Crippen LogP contribution is -2.47. The van der Waals surface area contributed by atoms with Crippen LogP contribution >= 0.6 is 15.9 Å². The molecule has 0 spiro atoms. The molecule has 25 heavy (non-hydrogen) atoms. The van der Waals surface area contributed by atoms with Crippen LogP contribution in [0.5, 0.6) is 5.75 Å². The number of benzene rings is 1. The van der Waals surface area contributed by atoms with Crippen LogP contribution in [0.1, 0.15) is 49.0 Å². The number of rotatable bonds is 4. The average Bonchev–Trinajstić information content (AvgIpc) is 3.16. The number of piperidine rings is 1. The van der Waals surface area contributed by atoms with E-state index < -0.39 is 0 Å². The van der Waals surface area contributed by atoms with Gasteiger partial charge in [-0.25, -0.2) is 0 Å². The first-order valence-electron chi connectivity index (χ1n) is 8.91. The van der Waals surface area contributed by atoms with Gasteiger partial charge >= 0.3 is 0 Å². The van der Waals surface area contributed by atoms with Crippen molar-refractivity contribution in [1.29, 1.82) is 0 Å². The predicted molar refractivity (Wildman–Crippen MR) is 98.8 cm³/mol. The number of hydrogen-bond donors (Lipinski definition) is 0. The fourth-order valence-electron chi connectivity index (χ4n) is 4.27. The second-order valence-electron chi connectivity index (χ2n) is 6.79. The molecule has 2 aromatic rings. The summed E-state index contributed by atoms with van der Waals surface area (Å²) in [5.74, 6) is 0.796. The number of aromatic nitrogens is 2. The Labute approximate surface area is 156 Å². The summed E-state index contributed by atoms with van der Waals surface area (Å²) in [5, 5.41) is 4.45. The van der Waals surface area contributed by atoms with Gasteiger partial charge in [0.05, 0.1) is 28.9 Å². The second kappa shape index (κ2) is 6.83. The zero-order valence-corrected chi connectivity index (χ0v) is 15.9. The Morgan fingerprint density at radius 2 is 1.96 bits per heavy atom. The molecular weight excluding hydrogens is 382 g/mol. The molecule has 0 radical (unpaired) electrons. The molecule has 1 aromatic carbocycles. The Hall–Kier alpha value is -1.82. The van der Waals surface area contributed by atoms with Crippen molar-refractivity contribution >= 4 is 21.8 Å². The minimum atomic E-state index is 0.108. The Morgan fingerprint density at radius 3 is 2.60 bits per heavy atom. The quantitative estimate of drug-likeness (QED) is 0.773. The van der Waals surface area contributed by atoms with Crippen molar-refractivity contribution in [3.8, 4) is 5.75 Å². The van der Waals surface area contributed by atoms with Crippen molar-refractivity contribution in [1.82, 2.24) is 14.7 Å². The maximum absolute atomic E-state index is 13.2. The molecule has 2 aliphatic rings. The third kappa shape index (κ3) is 3.08. The normalized spacial score (nSPS) is 25.2. The summed E-state index contributed by atoms with van der Waals surface area (Å²) < 4.78 is 8.72. The van der Waals surface area contributed by atoms with Crippen molar-refractivity contribution in [2.45, 2.75) is 50.7 Å². The van der Waals surface area contributed by atoms with Gasteiger partial charge in [-0.2, -0.15) is 5.10 Å². The fourth-order valence-corrected chi connectivity index (χ4v) is 4.58. The average molecular weight is 404 g/mol. The highest BCUT2D eigenvalue weighted by molar-refractivity contribution is 9.10. The number of carbonyl (C=O) groups excluding carboxylic acids is 1. The van der Waals surface area contributed by atoms with Crippen LogP contribution in [-0.2, 0) is 0 Å². The molecule has 2 atom stereocenters. The summed E-state index contributed by atoms with van der Waals surface area (Å²) in [5.41, 5.74) is 0.682. The predicted octanol–water partition coefficient (Wildman–Crippen LogP) is 4.05. The van der Waals surface area contributed by atoms with E-state index in [2.05, 4.69) is 25.9 Å². The number of amides is 1. The molecule has 0 aliphatic carbocycles. The lowest BCUT2D eigenvalue weighted by atomic mass is 9.96. The molecule has 2 aliphatic heterocycles. The summed E-state index contributed by atoms with van der Waals surface area (Å²) >= 11 is 3.47. The van der Waals surface area contributed by atoms with Crippen LogP contribution in [0.15, 0.2) is 41.1 Å². The zero-order chi connectivity index (χ0) is 17.4. The number of nitrogens with zero attached hydrogens (tertiary/aromatic N) is 3. The Bertz CT molecular complexity index is 762. The van der Waals surface area contributed by atoms with Gasteiger partial charge in [0.25, 0.3) is 5.91 Å². The Kier molecular flexibility index (Phi) is 4.54. The lowest BCUT2D eigenvalue weighted by Gasteiger charge is -2.39. The first-order chi connectivity index (χ1) is 12.2. The summed E-state index contributed by atoms with van der Waals surface area (Å²) in [6, 6.07) is 8.53. The van der Waals surface area contributed by atoms with Gasteiger partial charge in [-0.3, -0.25) is 9.48 Å². The maximum Gasteiger partial charge on any atom is 0.258 e. The minimum absolute atomic E-state index is 0.108. The van der Waals surface area contributed by atoms with Crippen LogP contribution in [0, 0.1) is 0 Å². The van der Waals surface area contributed by atoms with Crippen LogP contribution in [0.2, 0.25) is 0 Å². The van der Waals surface area contributed by atoms with Gasteiger partial charge in [0.15, 0.2) is 0 Å². The first-order valence-corrected chi connectivity index (χ1v) is 9.70. The molecule has 1 aromatic heterocycles. The van der Waals surface area contributed by atoms with Gasteiger partial charge in [0, 0.05) is 18.3 Å². The Balaban J connectivity index is 1.56. The van der Waals surface area contributed by atoms with E-state index in [9.17, 15) is 4.79 Å². The van der Waals surface area contributed by atoms with Crippen molar-refractivity contribution in [3.63, 3.8) is 0 Å². The lowest BCUT2D eigenvalue weighted by molar-refractivity contribution is 0.0520. The highest BCUT2D eigenvalue weighted by atomic mass is 79.9. The van der Waals surface area contributed by atoms with Gasteiger partial charge in [-0.05, 0) is 60.7 Å². The van der Waals surface area contributed by atoms with Gasteiger partial charge in [-0.15, -0.1) is 0 Å². The van der Waals surface area contributed by atoms with Crippen molar-refractivity contribution in [2.24, 2.45) is 0 Å². The third-order valence-corrected chi connectivity index (χ3v) is 5.71. The number of halogens is 1. The van der Waals surface area contributed by atoms with Gasteiger partial charge in [0.1, 0.15) is 5.75 Å². The summed E-state index contributed by atoms with van der Waals surface area (Å²) in [6.45, 7) is 2.51. The largest absolute Gasteiger partial charge is 0.493 e. The van der Waals surface area contributed by atoms with E-state index in [0.29, 0.717) is 24.0 Å². The van der Waals surface area contributed by atoms with E-state index in [1.807, 2.05) is 48.3 Å². The van der Waals surface area contributed by atoms with Crippen molar-refractivity contribution in [3.05, 3.63) is 46.7 Å². The molecule has 0 saturated carbocycles. The number of carbonyl (C=O) groups is 1. The molecule has 4 rings (SSSR count). The minimum Gasteiger partial charge on any atom is -0.493 e. The van der Waals surface area contributed by atoms with Crippen LogP contribution in [0.4, 0.5) is 0 Å². The molecule has 2 saturated heterocycles. The number of para-hydroxylation sites is 1.